The molecular formula is C15H13Cl2NORu. The summed E-state index contributed by atoms with van der Waals surface area (Å²) in [5.74, 6) is 0.792. The third kappa shape index (κ3) is 4.24. The first kappa shape index (κ1) is 15.4. The molecule has 106 valence electrons. The molecule has 0 atom stereocenters. The Labute approximate surface area is 131 Å². The van der Waals surface area contributed by atoms with E-state index in [-0.39, 0.29) is 0 Å². The third-order valence-corrected chi connectivity index (χ3v) is 4.44. The van der Waals surface area contributed by atoms with E-state index in [1.165, 1.54) is 0 Å². The van der Waals surface area contributed by atoms with Gasteiger partial charge in [0, 0.05) is 0 Å². The van der Waals surface area contributed by atoms with Crippen LogP contribution in [-0.4, -0.2) is 17.9 Å². The molecule has 0 amide bonds. The normalized spacial score (nSPS) is 11.4. The first-order chi connectivity index (χ1) is 9.70. The van der Waals surface area contributed by atoms with Crippen LogP contribution in [0.2, 0.25) is 0 Å². The van der Waals surface area contributed by atoms with Gasteiger partial charge in [-0.2, -0.15) is 0 Å². The number of methoxy groups -OCH3 is 1. The summed E-state index contributed by atoms with van der Waals surface area (Å²) < 4.78 is 7.19. The summed E-state index contributed by atoms with van der Waals surface area (Å²) >= 11 is -1.86. The summed E-state index contributed by atoms with van der Waals surface area (Å²) in [4.78, 5) is 4.51. The van der Waals surface area contributed by atoms with Crippen molar-refractivity contribution < 1.29 is 18.3 Å². The van der Waals surface area contributed by atoms with Crippen molar-refractivity contribution in [2.45, 2.75) is 0 Å². The van der Waals surface area contributed by atoms with Crippen LogP contribution >= 0.6 is 19.4 Å². The van der Waals surface area contributed by atoms with E-state index in [9.17, 15) is 0 Å². The average molecular weight is 395 g/mol. The second-order valence-corrected chi connectivity index (χ2v) is 9.59. The van der Waals surface area contributed by atoms with Crippen molar-refractivity contribution >= 4 is 35.9 Å². The van der Waals surface area contributed by atoms with Crippen molar-refractivity contribution in [3.05, 3.63) is 59.7 Å². The Morgan fingerprint density at radius 2 is 1.65 bits per heavy atom. The zero-order chi connectivity index (χ0) is 14.4. The van der Waals surface area contributed by atoms with Gasteiger partial charge in [-0.3, -0.25) is 0 Å². The molecule has 2 rings (SSSR count). The van der Waals surface area contributed by atoms with Gasteiger partial charge in [0.2, 0.25) is 0 Å². The summed E-state index contributed by atoms with van der Waals surface area (Å²) in [6, 6.07) is 15.5. The molecule has 2 aromatic rings. The van der Waals surface area contributed by atoms with E-state index < -0.39 is 13.5 Å². The number of benzene rings is 2. The fraction of sp³-hybridized carbons (Fsp3) is 0.0667. The number of nitrogens with zero attached hydrogens (tertiary/aromatic N) is 1. The van der Waals surface area contributed by atoms with Gasteiger partial charge in [-0.05, 0) is 0 Å². The van der Waals surface area contributed by atoms with Crippen LogP contribution in [0.5, 0.6) is 5.75 Å². The second kappa shape index (κ2) is 7.68. The minimum absolute atomic E-state index is 0.792. The van der Waals surface area contributed by atoms with Gasteiger partial charge in [-0.1, -0.05) is 0 Å². The van der Waals surface area contributed by atoms with E-state index in [4.69, 9.17) is 24.1 Å². The van der Waals surface area contributed by atoms with E-state index in [0.29, 0.717) is 0 Å². The Kier molecular flexibility index (Phi) is 5.91. The minimum atomic E-state index is -1.86. The van der Waals surface area contributed by atoms with E-state index in [0.717, 1.165) is 22.6 Å². The van der Waals surface area contributed by atoms with Crippen LogP contribution in [0.15, 0.2) is 53.5 Å². The third-order valence-electron chi connectivity index (χ3n) is 2.61. The molecule has 0 fully saturated rings. The zero-order valence-corrected chi connectivity index (χ0v) is 14.0. The van der Waals surface area contributed by atoms with Crippen molar-refractivity contribution in [3.63, 3.8) is 0 Å². The van der Waals surface area contributed by atoms with Crippen molar-refractivity contribution in [1.29, 1.82) is 0 Å². The Morgan fingerprint density at radius 3 is 2.35 bits per heavy atom. The van der Waals surface area contributed by atoms with Gasteiger partial charge in [0.05, 0.1) is 0 Å². The van der Waals surface area contributed by atoms with Gasteiger partial charge in [0.1, 0.15) is 0 Å². The van der Waals surface area contributed by atoms with Crippen molar-refractivity contribution in [2.75, 3.05) is 7.11 Å². The predicted molar refractivity (Wildman–Crippen MR) is 83.6 cm³/mol. The van der Waals surface area contributed by atoms with Gasteiger partial charge >= 0.3 is 132 Å². The number of hydrogen-bond donors (Lipinski definition) is 0. The summed E-state index contributed by atoms with van der Waals surface area (Å²) in [7, 11) is 13.5. The summed E-state index contributed by atoms with van der Waals surface area (Å²) in [6.45, 7) is 0. The van der Waals surface area contributed by atoms with Gasteiger partial charge in [-0.25, -0.2) is 0 Å². The topological polar surface area (TPSA) is 21.6 Å². The summed E-state index contributed by atoms with van der Waals surface area (Å²) in [6.07, 6.45) is 1.78. The van der Waals surface area contributed by atoms with Crippen molar-refractivity contribution in [3.8, 4) is 5.75 Å². The fourth-order valence-electron chi connectivity index (χ4n) is 1.69. The van der Waals surface area contributed by atoms with Crippen LogP contribution in [0, 0.1) is 0 Å². The van der Waals surface area contributed by atoms with Crippen LogP contribution in [0.1, 0.15) is 11.1 Å². The van der Waals surface area contributed by atoms with E-state index in [2.05, 4.69) is 4.99 Å². The molecule has 0 spiro atoms. The number of aliphatic imine (C=N–C) groups is 1. The average Bonchev–Trinajstić information content (AvgIpc) is 2.46. The molecule has 20 heavy (non-hydrogen) atoms. The molecule has 0 aliphatic rings. The van der Waals surface area contributed by atoms with Crippen LogP contribution < -0.4 is 4.74 Å². The molecule has 0 saturated heterocycles. The Balaban J connectivity index is 2.34. The molecule has 0 bridgehead atoms. The van der Waals surface area contributed by atoms with Crippen molar-refractivity contribution in [1.82, 2.24) is 0 Å². The molecule has 2 aromatic carbocycles. The van der Waals surface area contributed by atoms with Crippen LogP contribution in [-0.2, 0) is 13.5 Å². The molecule has 0 heterocycles. The Bertz CT molecular complexity index is 652. The maximum absolute atomic E-state index is 5.93. The quantitative estimate of drug-likeness (QED) is 0.551. The standard InChI is InChI=1S/C15H13NO.2ClH.Ru/c1-12-7-3-5-9-14(12)16-11-13-8-4-6-10-15(13)17-2;;;/h1,3-11H,2H3;2*1H;/q;;;+2/p-2. The maximum atomic E-state index is 5.93. The molecule has 0 radical (unpaired) electrons. The molecule has 0 aliphatic carbocycles. The first-order valence-corrected chi connectivity index (χ1v) is 11.3. The summed E-state index contributed by atoms with van der Waals surface area (Å²) in [5.41, 5.74) is 2.73. The van der Waals surface area contributed by atoms with Gasteiger partial charge < -0.3 is 0 Å². The fourth-order valence-corrected chi connectivity index (χ4v) is 3.50. The zero-order valence-electron chi connectivity index (χ0n) is 10.7. The van der Waals surface area contributed by atoms with Crippen molar-refractivity contribution in [2.24, 2.45) is 4.99 Å². The van der Waals surface area contributed by atoms with Gasteiger partial charge in [0.15, 0.2) is 0 Å². The van der Waals surface area contributed by atoms with Gasteiger partial charge in [0.25, 0.3) is 0 Å². The molecule has 2 nitrogen and oxygen atoms in total. The Hall–Kier alpha value is -1.02. The molecule has 0 saturated carbocycles. The second-order valence-electron chi connectivity index (χ2n) is 3.87. The molecular weight excluding hydrogens is 382 g/mol. The molecule has 0 N–H and O–H groups in total. The molecule has 0 unspecified atom stereocenters. The number of hydrogen-bond acceptors (Lipinski definition) is 2. The first-order valence-electron chi connectivity index (χ1n) is 5.80. The molecule has 0 aliphatic heterocycles. The van der Waals surface area contributed by atoms with Crippen LogP contribution in [0.25, 0.3) is 0 Å². The number of halogens is 2. The van der Waals surface area contributed by atoms with Gasteiger partial charge in [-0.15, -0.1) is 0 Å². The number of rotatable bonds is 4. The number of ether oxygens (including phenoxy) is 1. The Morgan fingerprint density at radius 1 is 1.00 bits per heavy atom. The van der Waals surface area contributed by atoms with Crippen LogP contribution in [0.3, 0.4) is 0 Å². The van der Waals surface area contributed by atoms with E-state index in [1.54, 1.807) is 13.3 Å². The van der Waals surface area contributed by atoms with E-state index >= 15 is 0 Å². The predicted octanol–water partition coefficient (Wildman–Crippen LogP) is 4.52. The summed E-state index contributed by atoms with van der Waals surface area (Å²) in [5, 5.41) is 0. The van der Waals surface area contributed by atoms with Crippen LogP contribution in [0.4, 0.5) is 5.69 Å². The molecule has 5 heteroatoms. The molecule has 0 aromatic heterocycles. The number of para-hydroxylation sites is 2. The van der Waals surface area contributed by atoms with E-state index in [1.807, 2.05) is 53.1 Å². The monoisotopic (exact) mass is 395 g/mol. The SMILES string of the molecule is COc1ccccc1C=Nc1ccccc1[CH]=[Ru]([Cl])[Cl].